The van der Waals surface area contributed by atoms with Gasteiger partial charge in [0.1, 0.15) is 0 Å². The average Bonchev–Trinajstić information content (AvgIpc) is 2.42. The Bertz CT molecular complexity index is 292. The van der Waals surface area contributed by atoms with Gasteiger partial charge < -0.3 is 4.98 Å². The molecule has 0 bridgehead atoms. The van der Waals surface area contributed by atoms with Gasteiger partial charge in [-0.15, -0.1) is 0 Å². The fraction of sp³-hybridized carbons (Fsp3) is 0.273. The van der Waals surface area contributed by atoms with E-state index in [1.165, 1.54) is 11.3 Å². The summed E-state index contributed by atoms with van der Waals surface area (Å²) < 4.78 is 0. The highest BCUT2D eigenvalue weighted by molar-refractivity contribution is 5.62. The number of aromatic nitrogens is 1. The minimum Gasteiger partial charge on any atom is -0.359 e. The molecule has 0 saturated carbocycles. The fourth-order valence-corrected chi connectivity index (χ4v) is 1.18. The van der Waals surface area contributed by atoms with E-state index in [-0.39, 0.29) is 0 Å². The van der Waals surface area contributed by atoms with Crippen LogP contribution >= 0.6 is 0 Å². The molecule has 1 nitrogen and oxygen atoms in total. The first kappa shape index (κ1) is 8.85. The maximum absolute atomic E-state index is 3.75. The second-order valence-electron chi connectivity index (χ2n) is 2.84. The summed E-state index contributed by atoms with van der Waals surface area (Å²) in [6.07, 6.45) is 7.19. The fourth-order valence-electron chi connectivity index (χ4n) is 1.18. The molecule has 0 aliphatic rings. The summed E-state index contributed by atoms with van der Waals surface area (Å²) in [5.74, 6) is 0. The predicted octanol–water partition coefficient (Wildman–Crippen LogP) is 3.39. The van der Waals surface area contributed by atoms with Gasteiger partial charge in [0, 0.05) is 11.4 Å². The van der Waals surface area contributed by atoms with Crippen LogP contribution in [0.25, 0.3) is 12.2 Å². The highest BCUT2D eigenvalue weighted by Crippen LogP contribution is 2.13. The SMILES string of the molecule is C=Cc1[nH]c(C)cc1/C=C\CC. The van der Waals surface area contributed by atoms with Crippen molar-refractivity contribution in [2.24, 2.45) is 0 Å². The Morgan fingerprint density at radius 3 is 2.92 bits per heavy atom. The van der Waals surface area contributed by atoms with E-state index in [9.17, 15) is 0 Å². The molecule has 0 fully saturated rings. The third-order valence-corrected chi connectivity index (χ3v) is 1.75. The molecule has 0 saturated heterocycles. The van der Waals surface area contributed by atoms with Crippen LogP contribution in [0.1, 0.15) is 30.3 Å². The maximum atomic E-state index is 3.75. The Labute approximate surface area is 73.8 Å². The minimum atomic E-state index is 1.07. The van der Waals surface area contributed by atoms with Crippen LogP contribution in [0, 0.1) is 6.92 Å². The van der Waals surface area contributed by atoms with Gasteiger partial charge in [-0.05, 0) is 31.1 Å². The summed E-state index contributed by atoms with van der Waals surface area (Å²) in [6, 6.07) is 2.13. The van der Waals surface area contributed by atoms with E-state index >= 15 is 0 Å². The summed E-state index contributed by atoms with van der Waals surface area (Å²) in [5, 5.41) is 0. The largest absolute Gasteiger partial charge is 0.359 e. The minimum absolute atomic E-state index is 1.07. The molecular weight excluding hydrogens is 146 g/mol. The van der Waals surface area contributed by atoms with E-state index in [0.717, 1.165) is 12.1 Å². The molecule has 0 unspecified atom stereocenters. The normalized spacial score (nSPS) is 10.8. The van der Waals surface area contributed by atoms with Crippen molar-refractivity contribution in [1.29, 1.82) is 0 Å². The molecule has 0 aliphatic carbocycles. The van der Waals surface area contributed by atoms with Crippen LogP contribution in [0.5, 0.6) is 0 Å². The van der Waals surface area contributed by atoms with E-state index < -0.39 is 0 Å². The third kappa shape index (κ3) is 1.88. The Kier molecular flexibility index (Phi) is 2.92. The number of aromatic amines is 1. The molecule has 1 heteroatoms. The van der Waals surface area contributed by atoms with Crippen molar-refractivity contribution in [3.05, 3.63) is 35.7 Å². The van der Waals surface area contributed by atoms with Crippen LogP contribution in [-0.2, 0) is 0 Å². The number of hydrogen-bond acceptors (Lipinski definition) is 0. The summed E-state index contributed by atoms with van der Waals surface area (Å²) >= 11 is 0. The van der Waals surface area contributed by atoms with E-state index in [4.69, 9.17) is 0 Å². The Morgan fingerprint density at radius 1 is 1.58 bits per heavy atom. The lowest BCUT2D eigenvalue weighted by atomic mass is 10.2. The summed E-state index contributed by atoms with van der Waals surface area (Å²) in [4.78, 5) is 3.23. The molecule has 1 rings (SSSR count). The summed E-state index contributed by atoms with van der Waals surface area (Å²) in [6.45, 7) is 7.93. The average molecular weight is 161 g/mol. The Hall–Kier alpha value is -1.24. The van der Waals surface area contributed by atoms with Crippen molar-refractivity contribution < 1.29 is 0 Å². The monoisotopic (exact) mass is 161 g/mol. The second-order valence-corrected chi connectivity index (χ2v) is 2.84. The van der Waals surface area contributed by atoms with E-state index in [0.29, 0.717) is 0 Å². The highest BCUT2D eigenvalue weighted by atomic mass is 14.7. The molecular formula is C11H15N. The zero-order chi connectivity index (χ0) is 8.97. The Balaban J connectivity index is 2.96. The van der Waals surface area contributed by atoms with Crippen molar-refractivity contribution >= 4 is 12.2 Å². The van der Waals surface area contributed by atoms with Gasteiger partial charge in [-0.25, -0.2) is 0 Å². The van der Waals surface area contributed by atoms with E-state index in [2.05, 4.69) is 43.6 Å². The van der Waals surface area contributed by atoms with Crippen molar-refractivity contribution in [3.63, 3.8) is 0 Å². The van der Waals surface area contributed by atoms with Crippen molar-refractivity contribution in [1.82, 2.24) is 4.98 Å². The van der Waals surface area contributed by atoms with Gasteiger partial charge in [0.2, 0.25) is 0 Å². The number of aryl methyl sites for hydroxylation is 1. The predicted molar refractivity (Wildman–Crippen MR) is 54.9 cm³/mol. The standard InChI is InChI=1S/C11H15N/c1-4-6-7-10-8-9(3)12-11(10)5-2/h5-8,12H,2,4H2,1,3H3/b7-6-. The van der Waals surface area contributed by atoms with E-state index in [1.54, 1.807) is 0 Å². The molecule has 1 N–H and O–H groups in total. The van der Waals surface area contributed by atoms with Crippen molar-refractivity contribution in [2.75, 3.05) is 0 Å². The van der Waals surface area contributed by atoms with Gasteiger partial charge in [0.25, 0.3) is 0 Å². The van der Waals surface area contributed by atoms with Crippen LogP contribution in [-0.4, -0.2) is 4.98 Å². The maximum Gasteiger partial charge on any atom is 0.0449 e. The second kappa shape index (κ2) is 3.96. The topological polar surface area (TPSA) is 15.8 Å². The van der Waals surface area contributed by atoms with E-state index in [1.807, 2.05) is 6.08 Å². The molecule has 0 aromatic carbocycles. The molecule has 12 heavy (non-hydrogen) atoms. The zero-order valence-corrected chi connectivity index (χ0v) is 7.72. The lowest BCUT2D eigenvalue weighted by Gasteiger charge is -1.89. The van der Waals surface area contributed by atoms with Crippen LogP contribution in [0.15, 0.2) is 18.7 Å². The molecule has 0 aliphatic heterocycles. The smallest absolute Gasteiger partial charge is 0.0449 e. The highest BCUT2D eigenvalue weighted by Gasteiger charge is 1.97. The van der Waals surface area contributed by atoms with Crippen LogP contribution in [0.4, 0.5) is 0 Å². The number of H-pyrrole nitrogens is 1. The molecule has 1 aromatic heterocycles. The third-order valence-electron chi connectivity index (χ3n) is 1.75. The van der Waals surface area contributed by atoms with Gasteiger partial charge in [-0.3, -0.25) is 0 Å². The van der Waals surface area contributed by atoms with Gasteiger partial charge in [0.05, 0.1) is 0 Å². The zero-order valence-electron chi connectivity index (χ0n) is 7.72. The first-order valence-electron chi connectivity index (χ1n) is 4.26. The van der Waals surface area contributed by atoms with Gasteiger partial charge >= 0.3 is 0 Å². The lowest BCUT2D eigenvalue weighted by Crippen LogP contribution is -1.73. The van der Waals surface area contributed by atoms with Crippen LogP contribution in [0.2, 0.25) is 0 Å². The summed E-state index contributed by atoms with van der Waals surface area (Å²) in [7, 11) is 0. The van der Waals surface area contributed by atoms with Crippen molar-refractivity contribution in [3.8, 4) is 0 Å². The summed E-state index contributed by atoms with van der Waals surface area (Å²) in [5.41, 5.74) is 3.52. The molecule has 1 heterocycles. The molecule has 1 aromatic rings. The van der Waals surface area contributed by atoms with Gasteiger partial charge in [0.15, 0.2) is 0 Å². The first-order valence-corrected chi connectivity index (χ1v) is 4.26. The van der Waals surface area contributed by atoms with Gasteiger partial charge in [-0.1, -0.05) is 25.7 Å². The van der Waals surface area contributed by atoms with Gasteiger partial charge in [-0.2, -0.15) is 0 Å². The first-order chi connectivity index (χ1) is 5.77. The molecule has 0 atom stereocenters. The number of hydrogen-bond donors (Lipinski definition) is 1. The number of nitrogens with one attached hydrogen (secondary N) is 1. The number of rotatable bonds is 3. The van der Waals surface area contributed by atoms with Crippen LogP contribution < -0.4 is 0 Å². The molecule has 0 spiro atoms. The van der Waals surface area contributed by atoms with Crippen LogP contribution in [0.3, 0.4) is 0 Å². The molecule has 0 amide bonds. The van der Waals surface area contributed by atoms with Crippen molar-refractivity contribution in [2.45, 2.75) is 20.3 Å². The lowest BCUT2D eigenvalue weighted by molar-refractivity contribution is 1.23. The number of allylic oxidation sites excluding steroid dienone is 1. The Morgan fingerprint density at radius 2 is 2.33 bits per heavy atom. The molecule has 64 valence electrons. The molecule has 0 radical (unpaired) electrons. The quantitative estimate of drug-likeness (QED) is 0.699.